The van der Waals surface area contributed by atoms with E-state index in [0.717, 1.165) is 41.1 Å². The fraction of sp³-hybridized carbons (Fsp3) is 0.533. The lowest BCUT2D eigenvalue weighted by molar-refractivity contribution is -0.120. The number of thioether (sulfide) groups is 1. The normalized spacial score (nSPS) is 18.5. The van der Waals surface area contributed by atoms with Crippen molar-refractivity contribution in [2.75, 3.05) is 19.6 Å². The van der Waals surface area contributed by atoms with E-state index in [1.54, 1.807) is 23.1 Å². The minimum Gasteiger partial charge on any atom is -0.355 e. The zero-order valence-corrected chi connectivity index (χ0v) is 14.5. The standard InChI is InChI=1S/C15H20N4OS2/c1-10(14-18-11(2)8-21-14)7-17-13(20)6-12-9-22-15-16-4-3-5-19(12)15/h8-10H,3-7H2,1-2H3,(H,17,20). The molecule has 1 aromatic rings. The Bertz CT molecular complexity index is 623. The number of nitrogens with one attached hydrogen (secondary N) is 1. The van der Waals surface area contributed by atoms with Crippen LogP contribution in [0.4, 0.5) is 0 Å². The number of aromatic nitrogens is 1. The van der Waals surface area contributed by atoms with E-state index < -0.39 is 0 Å². The predicted octanol–water partition coefficient (Wildman–Crippen LogP) is 2.71. The number of rotatable bonds is 5. The number of fused-ring (bicyclic) bond motifs is 1. The molecule has 3 heterocycles. The Kier molecular flexibility index (Phi) is 4.83. The van der Waals surface area contributed by atoms with Crippen molar-refractivity contribution in [3.63, 3.8) is 0 Å². The molecule has 118 valence electrons. The zero-order chi connectivity index (χ0) is 15.5. The van der Waals surface area contributed by atoms with Gasteiger partial charge in [0, 0.05) is 42.3 Å². The fourth-order valence-corrected chi connectivity index (χ4v) is 4.26. The first-order valence-corrected chi connectivity index (χ1v) is 9.26. The summed E-state index contributed by atoms with van der Waals surface area (Å²) in [5, 5.41) is 9.25. The van der Waals surface area contributed by atoms with Gasteiger partial charge in [-0.1, -0.05) is 18.7 Å². The summed E-state index contributed by atoms with van der Waals surface area (Å²) in [6.45, 7) is 6.59. The molecule has 0 spiro atoms. The summed E-state index contributed by atoms with van der Waals surface area (Å²) >= 11 is 3.28. The Balaban J connectivity index is 1.49. The number of carbonyl (C=O) groups excluding carboxylic acids is 1. The van der Waals surface area contributed by atoms with E-state index >= 15 is 0 Å². The van der Waals surface area contributed by atoms with Crippen LogP contribution in [0, 0.1) is 6.92 Å². The molecule has 1 unspecified atom stereocenters. The van der Waals surface area contributed by atoms with Crippen molar-refractivity contribution in [2.24, 2.45) is 4.99 Å². The molecule has 22 heavy (non-hydrogen) atoms. The highest BCUT2D eigenvalue weighted by atomic mass is 32.2. The maximum absolute atomic E-state index is 12.2. The van der Waals surface area contributed by atoms with E-state index in [1.807, 2.05) is 12.3 Å². The number of amides is 1. The Labute approximate surface area is 138 Å². The maximum Gasteiger partial charge on any atom is 0.225 e. The molecule has 1 atom stereocenters. The second-order valence-electron chi connectivity index (χ2n) is 5.61. The molecule has 2 aliphatic heterocycles. The van der Waals surface area contributed by atoms with Crippen LogP contribution in [0.1, 0.15) is 36.4 Å². The van der Waals surface area contributed by atoms with Crippen LogP contribution in [0.2, 0.25) is 0 Å². The third kappa shape index (κ3) is 3.52. The number of carbonyl (C=O) groups is 1. The van der Waals surface area contributed by atoms with Crippen molar-refractivity contribution in [1.29, 1.82) is 0 Å². The Hall–Kier alpha value is -1.34. The number of thiazole rings is 1. The maximum atomic E-state index is 12.2. The summed E-state index contributed by atoms with van der Waals surface area (Å²) in [4.78, 5) is 23.3. The molecule has 0 saturated heterocycles. The van der Waals surface area contributed by atoms with Gasteiger partial charge in [-0.2, -0.15) is 0 Å². The number of amidine groups is 1. The van der Waals surface area contributed by atoms with Crippen molar-refractivity contribution in [3.05, 3.63) is 27.2 Å². The van der Waals surface area contributed by atoms with Crippen LogP contribution in [0.15, 0.2) is 21.5 Å². The minimum absolute atomic E-state index is 0.0683. The molecule has 5 nitrogen and oxygen atoms in total. The van der Waals surface area contributed by atoms with E-state index in [-0.39, 0.29) is 11.8 Å². The summed E-state index contributed by atoms with van der Waals surface area (Å²) in [6.07, 6.45) is 1.49. The van der Waals surface area contributed by atoms with Crippen LogP contribution in [0.5, 0.6) is 0 Å². The molecule has 1 amide bonds. The van der Waals surface area contributed by atoms with Crippen LogP contribution in [0.3, 0.4) is 0 Å². The van der Waals surface area contributed by atoms with Gasteiger partial charge in [0.25, 0.3) is 0 Å². The molecule has 3 rings (SSSR count). The lowest BCUT2D eigenvalue weighted by Gasteiger charge is -2.25. The molecular formula is C15H20N4OS2. The highest BCUT2D eigenvalue weighted by Crippen LogP contribution is 2.30. The molecule has 0 saturated carbocycles. The molecule has 0 aromatic carbocycles. The topological polar surface area (TPSA) is 57.6 Å². The number of hydrogen-bond acceptors (Lipinski definition) is 6. The summed E-state index contributed by atoms with van der Waals surface area (Å²) < 4.78 is 0. The van der Waals surface area contributed by atoms with E-state index in [2.05, 4.69) is 32.5 Å². The molecule has 2 aliphatic rings. The van der Waals surface area contributed by atoms with E-state index in [4.69, 9.17) is 0 Å². The van der Waals surface area contributed by atoms with Crippen LogP contribution < -0.4 is 5.32 Å². The molecule has 0 bridgehead atoms. The second kappa shape index (κ2) is 6.83. The molecular weight excluding hydrogens is 316 g/mol. The fourth-order valence-electron chi connectivity index (χ4n) is 2.45. The van der Waals surface area contributed by atoms with Gasteiger partial charge in [0.15, 0.2) is 5.17 Å². The highest BCUT2D eigenvalue weighted by Gasteiger charge is 2.26. The lowest BCUT2D eigenvalue weighted by atomic mass is 10.2. The first-order chi connectivity index (χ1) is 10.6. The van der Waals surface area contributed by atoms with Crippen molar-refractivity contribution in [2.45, 2.75) is 32.6 Å². The van der Waals surface area contributed by atoms with Crippen molar-refractivity contribution < 1.29 is 4.79 Å². The first kappa shape index (κ1) is 15.6. The average molecular weight is 336 g/mol. The van der Waals surface area contributed by atoms with Gasteiger partial charge in [-0.05, 0) is 18.8 Å². The van der Waals surface area contributed by atoms with Crippen LogP contribution in [-0.4, -0.2) is 40.6 Å². The monoisotopic (exact) mass is 336 g/mol. The van der Waals surface area contributed by atoms with Gasteiger partial charge in [0.1, 0.15) is 0 Å². The predicted molar refractivity (Wildman–Crippen MR) is 92.2 cm³/mol. The minimum atomic E-state index is 0.0683. The van der Waals surface area contributed by atoms with Gasteiger partial charge >= 0.3 is 0 Å². The van der Waals surface area contributed by atoms with E-state index in [9.17, 15) is 4.79 Å². The largest absolute Gasteiger partial charge is 0.355 e. The van der Waals surface area contributed by atoms with Crippen molar-refractivity contribution in [1.82, 2.24) is 15.2 Å². The second-order valence-corrected chi connectivity index (χ2v) is 7.33. The van der Waals surface area contributed by atoms with Crippen molar-refractivity contribution in [3.8, 4) is 0 Å². The molecule has 0 aliphatic carbocycles. The van der Waals surface area contributed by atoms with Crippen LogP contribution in [-0.2, 0) is 4.79 Å². The SMILES string of the molecule is Cc1csc(C(C)CNC(=O)CC2=CSC3=NCCCN23)n1. The van der Waals surface area contributed by atoms with Crippen LogP contribution in [0.25, 0.3) is 0 Å². The quantitative estimate of drug-likeness (QED) is 0.898. The van der Waals surface area contributed by atoms with Crippen LogP contribution >= 0.6 is 23.1 Å². The van der Waals surface area contributed by atoms with Gasteiger partial charge in [-0.25, -0.2) is 4.98 Å². The average Bonchev–Trinajstić information content (AvgIpc) is 3.12. The summed E-state index contributed by atoms with van der Waals surface area (Å²) in [7, 11) is 0. The number of hydrogen-bond donors (Lipinski definition) is 1. The Morgan fingerprint density at radius 1 is 1.55 bits per heavy atom. The molecule has 7 heteroatoms. The van der Waals surface area contributed by atoms with Gasteiger partial charge in [-0.15, -0.1) is 11.3 Å². The van der Waals surface area contributed by atoms with Gasteiger partial charge < -0.3 is 10.2 Å². The van der Waals surface area contributed by atoms with Gasteiger partial charge in [0.05, 0.1) is 11.4 Å². The lowest BCUT2D eigenvalue weighted by Crippen LogP contribution is -2.33. The summed E-state index contributed by atoms with van der Waals surface area (Å²) in [5.41, 5.74) is 2.11. The summed E-state index contributed by atoms with van der Waals surface area (Å²) in [6, 6.07) is 0. The number of nitrogens with zero attached hydrogens (tertiary/aromatic N) is 3. The van der Waals surface area contributed by atoms with Crippen molar-refractivity contribution >= 4 is 34.2 Å². The van der Waals surface area contributed by atoms with E-state index in [0.29, 0.717) is 13.0 Å². The molecule has 0 fully saturated rings. The summed E-state index contributed by atoms with van der Waals surface area (Å²) in [5.74, 6) is 0.320. The first-order valence-electron chi connectivity index (χ1n) is 7.50. The van der Waals surface area contributed by atoms with Gasteiger partial charge in [-0.3, -0.25) is 9.79 Å². The molecule has 1 N–H and O–H groups in total. The van der Waals surface area contributed by atoms with Gasteiger partial charge in [0.2, 0.25) is 5.91 Å². The smallest absolute Gasteiger partial charge is 0.225 e. The van der Waals surface area contributed by atoms with E-state index in [1.165, 1.54) is 0 Å². The Morgan fingerprint density at radius 2 is 2.41 bits per heavy atom. The highest BCUT2D eigenvalue weighted by molar-refractivity contribution is 8.16. The molecule has 0 radical (unpaired) electrons. The zero-order valence-electron chi connectivity index (χ0n) is 12.8. The number of aryl methyl sites for hydroxylation is 1. The molecule has 1 aromatic heterocycles. The third-order valence-electron chi connectivity index (χ3n) is 3.67. The third-order valence-corrected chi connectivity index (χ3v) is 5.81. The Morgan fingerprint density at radius 3 is 3.18 bits per heavy atom. The number of aliphatic imine (C=N–C) groups is 1.